The van der Waals surface area contributed by atoms with Gasteiger partial charge in [0.1, 0.15) is 11.8 Å². The third-order valence-corrected chi connectivity index (χ3v) is 3.70. The smallest absolute Gasteiger partial charge is 0.142 e. The maximum Gasteiger partial charge on any atom is 0.142 e. The van der Waals surface area contributed by atoms with E-state index >= 15 is 0 Å². The number of aromatic nitrogens is 1. The lowest BCUT2D eigenvalue weighted by Crippen LogP contribution is -2.40. The molecule has 1 aromatic heterocycles. The number of aliphatic hydroxyl groups is 1. The normalized spacial score (nSPS) is 27.5. The standard InChI is InChI=1S/C14H19N3O/c1-11-2-5-14(18,6-3-11)10-17-12-4-7-16-13(8-12)9-15/h4,7-8,11,18H,2-3,5-6,10H2,1H3,(H,16,17). The van der Waals surface area contributed by atoms with E-state index in [-0.39, 0.29) is 0 Å². The molecule has 0 atom stereocenters. The number of pyridine rings is 1. The zero-order valence-corrected chi connectivity index (χ0v) is 10.7. The Labute approximate surface area is 108 Å². The second-order valence-electron chi connectivity index (χ2n) is 5.30. The van der Waals surface area contributed by atoms with Crippen LogP contribution in [0.2, 0.25) is 0 Å². The van der Waals surface area contributed by atoms with Gasteiger partial charge in [-0.1, -0.05) is 6.92 Å². The molecule has 0 amide bonds. The maximum absolute atomic E-state index is 10.4. The fourth-order valence-corrected chi connectivity index (χ4v) is 2.34. The number of hydrogen-bond acceptors (Lipinski definition) is 4. The Bertz CT molecular complexity index is 445. The highest BCUT2D eigenvalue weighted by atomic mass is 16.3. The zero-order chi connectivity index (χ0) is 13.0. The van der Waals surface area contributed by atoms with E-state index in [4.69, 9.17) is 5.26 Å². The molecular weight excluding hydrogens is 226 g/mol. The molecule has 0 aliphatic heterocycles. The van der Waals surface area contributed by atoms with Gasteiger partial charge in [0.15, 0.2) is 0 Å². The van der Waals surface area contributed by atoms with Gasteiger partial charge < -0.3 is 10.4 Å². The van der Waals surface area contributed by atoms with Crippen LogP contribution in [0.5, 0.6) is 0 Å². The van der Waals surface area contributed by atoms with Crippen molar-refractivity contribution in [2.24, 2.45) is 5.92 Å². The molecule has 2 rings (SSSR count). The highest BCUT2D eigenvalue weighted by Crippen LogP contribution is 2.31. The van der Waals surface area contributed by atoms with Crippen molar-refractivity contribution in [3.8, 4) is 6.07 Å². The van der Waals surface area contributed by atoms with Crippen molar-refractivity contribution in [2.45, 2.75) is 38.2 Å². The summed E-state index contributed by atoms with van der Waals surface area (Å²) in [6.45, 7) is 2.77. The molecule has 1 heterocycles. The van der Waals surface area contributed by atoms with Crippen LogP contribution in [0, 0.1) is 17.2 Å². The Morgan fingerprint density at radius 2 is 2.28 bits per heavy atom. The first-order chi connectivity index (χ1) is 8.61. The van der Waals surface area contributed by atoms with Gasteiger partial charge in [-0.05, 0) is 43.7 Å². The Morgan fingerprint density at radius 3 is 2.94 bits per heavy atom. The fraction of sp³-hybridized carbons (Fsp3) is 0.571. The molecule has 0 spiro atoms. The minimum Gasteiger partial charge on any atom is -0.388 e. The van der Waals surface area contributed by atoms with Gasteiger partial charge in [-0.15, -0.1) is 0 Å². The summed E-state index contributed by atoms with van der Waals surface area (Å²) in [5, 5.41) is 22.4. The Kier molecular flexibility index (Phi) is 3.83. The topological polar surface area (TPSA) is 68.9 Å². The van der Waals surface area contributed by atoms with E-state index in [1.165, 1.54) is 0 Å². The summed E-state index contributed by atoms with van der Waals surface area (Å²) in [6.07, 6.45) is 5.46. The quantitative estimate of drug-likeness (QED) is 0.857. The van der Waals surface area contributed by atoms with Gasteiger partial charge in [0.2, 0.25) is 0 Å². The average molecular weight is 245 g/mol. The summed E-state index contributed by atoms with van der Waals surface area (Å²) in [7, 11) is 0. The molecule has 96 valence electrons. The monoisotopic (exact) mass is 245 g/mol. The number of hydrogen-bond donors (Lipinski definition) is 2. The second kappa shape index (κ2) is 5.36. The summed E-state index contributed by atoms with van der Waals surface area (Å²) < 4.78 is 0. The third kappa shape index (κ3) is 3.21. The predicted octanol–water partition coefficient (Wildman–Crippen LogP) is 2.31. The number of anilines is 1. The van der Waals surface area contributed by atoms with E-state index in [9.17, 15) is 5.11 Å². The van der Waals surface area contributed by atoms with Crippen LogP contribution in [0.1, 0.15) is 38.3 Å². The van der Waals surface area contributed by atoms with E-state index in [0.717, 1.165) is 37.3 Å². The minimum atomic E-state index is -0.609. The van der Waals surface area contributed by atoms with E-state index in [1.807, 2.05) is 12.1 Å². The molecule has 0 aromatic carbocycles. The molecule has 0 saturated heterocycles. The molecule has 18 heavy (non-hydrogen) atoms. The average Bonchev–Trinajstić information content (AvgIpc) is 2.41. The van der Waals surface area contributed by atoms with Gasteiger partial charge >= 0.3 is 0 Å². The van der Waals surface area contributed by atoms with Gasteiger partial charge in [-0.2, -0.15) is 5.26 Å². The number of nitrogens with zero attached hydrogens (tertiary/aromatic N) is 2. The maximum atomic E-state index is 10.4. The van der Waals surface area contributed by atoms with Crippen molar-refractivity contribution in [3.05, 3.63) is 24.0 Å². The van der Waals surface area contributed by atoms with Gasteiger partial charge in [0, 0.05) is 18.4 Å². The number of nitrogens with one attached hydrogen (secondary N) is 1. The molecule has 1 aliphatic rings. The first-order valence-electron chi connectivity index (χ1n) is 6.44. The second-order valence-corrected chi connectivity index (χ2v) is 5.30. The van der Waals surface area contributed by atoms with Crippen molar-refractivity contribution in [3.63, 3.8) is 0 Å². The lowest BCUT2D eigenvalue weighted by atomic mass is 9.79. The summed E-state index contributed by atoms with van der Waals surface area (Å²) in [5.74, 6) is 0.719. The van der Waals surface area contributed by atoms with Crippen LogP contribution in [0.25, 0.3) is 0 Å². The molecule has 1 aromatic rings. The fourth-order valence-electron chi connectivity index (χ4n) is 2.34. The molecule has 4 heteroatoms. The molecule has 0 bridgehead atoms. The van der Waals surface area contributed by atoms with Gasteiger partial charge in [-0.3, -0.25) is 0 Å². The Hall–Kier alpha value is -1.60. The Morgan fingerprint density at radius 1 is 1.56 bits per heavy atom. The Balaban J connectivity index is 1.93. The summed E-state index contributed by atoms with van der Waals surface area (Å²) in [5.41, 5.74) is 0.626. The van der Waals surface area contributed by atoms with Crippen LogP contribution in [-0.2, 0) is 0 Å². The minimum absolute atomic E-state index is 0.393. The van der Waals surface area contributed by atoms with E-state index in [2.05, 4.69) is 17.2 Å². The van der Waals surface area contributed by atoms with Crippen LogP contribution in [-0.4, -0.2) is 22.2 Å². The predicted molar refractivity (Wildman–Crippen MR) is 70.0 cm³/mol. The van der Waals surface area contributed by atoms with E-state index < -0.39 is 5.60 Å². The van der Waals surface area contributed by atoms with Crippen LogP contribution in [0.4, 0.5) is 5.69 Å². The van der Waals surface area contributed by atoms with Gasteiger partial charge in [0.05, 0.1) is 5.60 Å². The van der Waals surface area contributed by atoms with E-state index in [1.54, 1.807) is 12.3 Å². The number of nitriles is 1. The first kappa shape index (κ1) is 12.8. The molecule has 1 aliphatic carbocycles. The molecule has 4 nitrogen and oxygen atoms in total. The van der Waals surface area contributed by atoms with Gasteiger partial charge in [-0.25, -0.2) is 4.98 Å². The molecule has 1 saturated carbocycles. The van der Waals surface area contributed by atoms with Crippen molar-refractivity contribution < 1.29 is 5.11 Å². The molecular formula is C14H19N3O. The lowest BCUT2D eigenvalue weighted by Gasteiger charge is -2.35. The largest absolute Gasteiger partial charge is 0.388 e. The molecule has 2 N–H and O–H groups in total. The first-order valence-corrected chi connectivity index (χ1v) is 6.44. The van der Waals surface area contributed by atoms with Gasteiger partial charge in [0.25, 0.3) is 0 Å². The van der Waals surface area contributed by atoms with E-state index in [0.29, 0.717) is 12.2 Å². The zero-order valence-electron chi connectivity index (χ0n) is 10.7. The SMILES string of the molecule is CC1CCC(O)(CNc2ccnc(C#N)c2)CC1. The van der Waals surface area contributed by atoms with Crippen molar-refractivity contribution in [1.82, 2.24) is 4.98 Å². The summed E-state index contributed by atoms with van der Waals surface area (Å²) in [4.78, 5) is 3.92. The lowest BCUT2D eigenvalue weighted by molar-refractivity contribution is 0.00501. The van der Waals surface area contributed by atoms with Crippen molar-refractivity contribution in [1.29, 1.82) is 5.26 Å². The van der Waals surface area contributed by atoms with Crippen LogP contribution in [0.3, 0.4) is 0 Å². The number of rotatable bonds is 3. The van der Waals surface area contributed by atoms with Crippen LogP contribution >= 0.6 is 0 Å². The highest BCUT2D eigenvalue weighted by molar-refractivity contribution is 5.46. The third-order valence-electron chi connectivity index (χ3n) is 3.70. The van der Waals surface area contributed by atoms with Crippen molar-refractivity contribution >= 4 is 5.69 Å². The van der Waals surface area contributed by atoms with Crippen molar-refractivity contribution in [2.75, 3.05) is 11.9 Å². The highest BCUT2D eigenvalue weighted by Gasteiger charge is 2.31. The summed E-state index contributed by atoms with van der Waals surface area (Å²) >= 11 is 0. The van der Waals surface area contributed by atoms with Crippen LogP contribution < -0.4 is 5.32 Å². The molecule has 0 unspecified atom stereocenters. The van der Waals surface area contributed by atoms with Crippen LogP contribution in [0.15, 0.2) is 18.3 Å². The molecule has 0 radical (unpaired) electrons. The summed E-state index contributed by atoms with van der Waals surface area (Å²) in [6, 6.07) is 5.53. The molecule has 1 fully saturated rings.